The number of rotatable bonds is 7. The van der Waals surface area contributed by atoms with Gasteiger partial charge in [0.2, 0.25) is 0 Å². The SMILES string of the molecule is CC(C)(C)OC(=O)N1CCC(c2cccc(CC(NC(=O)OCc3ccccc3)C(=O)O)c2)CC1. The summed E-state index contributed by atoms with van der Waals surface area (Å²) in [5.41, 5.74) is 2.21. The van der Waals surface area contributed by atoms with Gasteiger partial charge in [-0.2, -0.15) is 0 Å². The molecule has 1 atom stereocenters. The van der Waals surface area contributed by atoms with Gasteiger partial charge in [-0.1, -0.05) is 54.6 Å². The average molecular weight is 483 g/mol. The van der Waals surface area contributed by atoms with Crippen LogP contribution in [0.2, 0.25) is 0 Å². The highest BCUT2D eigenvalue weighted by Gasteiger charge is 2.28. The number of nitrogens with zero attached hydrogens (tertiary/aromatic N) is 1. The minimum Gasteiger partial charge on any atom is -0.480 e. The quantitative estimate of drug-likeness (QED) is 0.592. The zero-order valence-corrected chi connectivity index (χ0v) is 20.5. The Morgan fingerprint density at radius 3 is 2.31 bits per heavy atom. The lowest BCUT2D eigenvalue weighted by molar-refractivity contribution is -0.139. The molecule has 1 aliphatic rings. The summed E-state index contributed by atoms with van der Waals surface area (Å²) < 4.78 is 10.6. The Bertz CT molecular complexity index is 1010. The van der Waals surface area contributed by atoms with Crippen molar-refractivity contribution < 1.29 is 29.0 Å². The monoisotopic (exact) mass is 482 g/mol. The Balaban J connectivity index is 1.54. The zero-order chi connectivity index (χ0) is 25.4. The molecule has 0 bridgehead atoms. The number of benzene rings is 2. The molecule has 2 amide bonds. The van der Waals surface area contributed by atoms with Crippen LogP contribution in [0.4, 0.5) is 9.59 Å². The Morgan fingerprint density at radius 2 is 1.69 bits per heavy atom. The lowest BCUT2D eigenvalue weighted by Crippen LogP contribution is -2.42. The molecule has 2 aromatic rings. The number of carboxylic acids is 1. The van der Waals surface area contributed by atoms with Crippen LogP contribution in [0.25, 0.3) is 0 Å². The Kier molecular flexibility index (Phi) is 8.73. The summed E-state index contributed by atoms with van der Waals surface area (Å²) in [6.07, 6.45) is 0.677. The fourth-order valence-corrected chi connectivity index (χ4v) is 4.04. The first-order chi connectivity index (χ1) is 16.6. The van der Waals surface area contributed by atoms with Gasteiger partial charge >= 0.3 is 18.2 Å². The van der Waals surface area contributed by atoms with Gasteiger partial charge in [0, 0.05) is 19.5 Å². The number of hydrogen-bond donors (Lipinski definition) is 2. The Labute approximate surface area is 206 Å². The van der Waals surface area contributed by atoms with E-state index in [2.05, 4.69) is 5.32 Å². The van der Waals surface area contributed by atoms with Crippen molar-refractivity contribution in [1.29, 1.82) is 0 Å². The number of nitrogens with one attached hydrogen (secondary N) is 1. The van der Waals surface area contributed by atoms with Gasteiger partial charge < -0.3 is 24.8 Å². The third kappa shape index (κ3) is 8.31. The number of hydrogen-bond acceptors (Lipinski definition) is 5. The first kappa shape index (κ1) is 26.1. The number of amides is 2. The molecule has 8 heteroatoms. The number of carbonyl (C=O) groups is 3. The number of ether oxygens (including phenoxy) is 2. The molecule has 1 saturated heterocycles. The maximum Gasteiger partial charge on any atom is 0.410 e. The van der Waals surface area contributed by atoms with Crippen LogP contribution >= 0.6 is 0 Å². The smallest absolute Gasteiger partial charge is 0.410 e. The van der Waals surface area contributed by atoms with Crippen LogP contribution in [0, 0.1) is 0 Å². The standard InChI is InChI=1S/C27H34N2O6/c1-27(2,3)35-26(33)29-14-12-21(13-15-29)22-11-7-10-20(16-22)17-23(24(30)31)28-25(32)34-18-19-8-5-4-6-9-19/h4-11,16,21,23H,12-15,17-18H2,1-3H3,(H,28,32)(H,30,31). The van der Waals surface area contributed by atoms with Crippen molar-refractivity contribution in [3.8, 4) is 0 Å². The lowest BCUT2D eigenvalue weighted by Gasteiger charge is -2.33. The average Bonchev–Trinajstić information content (AvgIpc) is 2.82. The maximum absolute atomic E-state index is 12.3. The number of alkyl carbamates (subject to hydrolysis) is 1. The molecule has 2 aromatic carbocycles. The van der Waals surface area contributed by atoms with Gasteiger partial charge in [0.15, 0.2) is 0 Å². The van der Waals surface area contributed by atoms with Crippen molar-refractivity contribution in [1.82, 2.24) is 10.2 Å². The molecule has 1 aliphatic heterocycles. The molecule has 0 aromatic heterocycles. The fraction of sp³-hybridized carbons (Fsp3) is 0.444. The van der Waals surface area contributed by atoms with Gasteiger partial charge in [-0.05, 0) is 56.2 Å². The first-order valence-electron chi connectivity index (χ1n) is 11.9. The molecule has 0 saturated carbocycles. The van der Waals surface area contributed by atoms with Crippen molar-refractivity contribution in [2.75, 3.05) is 13.1 Å². The van der Waals surface area contributed by atoms with Gasteiger partial charge in [0.05, 0.1) is 0 Å². The van der Waals surface area contributed by atoms with E-state index in [0.717, 1.165) is 29.5 Å². The van der Waals surface area contributed by atoms with Gasteiger partial charge in [-0.25, -0.2) is 14.4 Å². The van der Waals surface area contributed by atoms with Crippen molar-refractivity contribution in [2.24, 2.45) is 0 Å². The summed E-state index contributed by atoms with van der Waals surface area (Å²) in [5.74, 6) is -0.863. The van der Waals surface area contributed by atoms with Gasteiger partial charge in [-0.3, -0.25) is 0 Å². The second-order valence-corrected chi connectivity index (χ2v) is 9.79. The number of piperidine rings is 1. The predicted molar refractivity (Wildman–Crippen MR) is 131 cm³/mol. The van der Waals surface area contributed by atoms with Crippen LogP contribution in [-0.4, -0.2) is 52.9 Å². The molecule has 1 heterocycles. The summed E-state index contributed by atoms with van der Waals surface area (Å²) in [6.45, 7) is 6.84. The third-order valence-corrected chi connectivity index (χ3v) is 5.81. The maximum atomic E-state index is 12.3. The van der Waals surface area contributed by atoms with Gasteiger partial charge in [-0.15, -0.1) is 0 Å². The highest BCUT2D eigenvalue weighted by molar-refractivity contribution is 5.80. The molecule has 35 heavy (non-hydrogen) atoms. The van der Waals surface area contributed by atoms with Gasteiger partial charge in [0.25, 0.3) is 0 Å². The summed E-state index contributed by atoms with van der Waals surface area (Å²) in [4.78, 5) is 38.0. The van der Waals surface area contributed by atoms with E-state index in [1.807, 2.05) is 75.4 Å². The van der Waals surface area contributed by atoms with E-state index >= 15 is 0 Å². The predicted octanol–water partition coefficient (Wildman–Crippen LogP) is 4.72. The third-order valence-electron chi connectivity index (χ3n) is 5.81. The van der Waals surface area contributed by atoms with Crippen LogP contribution in [0.3, 0.4) is 0 Å². The largest absolute Gasteiger partial charge is 0.480 e. The minimum atomic E-state index is -1.13. The molecule has 3 rings (SSSR count). The number of carbonyl (C=O) groups excluding carboxylic acids is 2. The molecule has 1 fully saturated rings. The van der Waals surface area contributed by atoms with Crippen LogP contribution < -0.4 is 5.32 Å². The summed E-state index contributed by atoms with van der Waals surface area (Å²) in [7, 11) is 0. The van der Waals surface area contributed by atoms with Crippen molar-refractivity contribution in [2.45, 2.75) is 64.2 Å². The van der Waals surface area contributed by atoms with Crippen LogP contribution in [0.1, 0.15) is 56.2 Å². The van der Waals surface area contributed by atoms with E-state index in [9.17, 15) is 19.5 Å². The van der Waals surface area contributed by atoms with Crippen molar-refractivity contribution in [3.63, 3.8) is 0 Å². The van der Waals surface area contributed by atoms with E-state index in [1.165, 1.54) is 0 Å². The van der Waals surface area contributed by atoms with Gasteiger partial charge in [0.1, 0.15) is 18.2 Å². The molecule has 1 unspecified atom stereocenters. The summed E-state index contributed by atoms with van der Waals surface area (Å²) >= 11 is 0. The Hall–Kier alpha value is -3.55. The highest BCUT2D eigenvalue weighted by Crippen LogP contribution is 2.29. The van der Waals surface area contributed by atoms with E-state index in [0.29, 0.717) is 13.1 Å². The van der Waals surface area contributed by atoms with E-state index in [-0.39, 0.29) is 25.0 Å². The molecule has 0 radical (unpaired) electrons. The lowest BCUT2D eigenvalue weighted by atomic mass is 9.88. The normalized spacial score (nSPS) is 15.2. The summed E-state index contributed by atoms with van der Waals surface area (Å²) in [5, 5.41) is 12.1. The minimum absolute atomic E-state index is 0.0660. The molecule has 2 N–H and O–H groups in total. The van der Waals surface area contributed by atoms with E-state index in [4.69, 9.17) is 9.47 Å². The molecule has 188 valence electrons. The van der Waals surface area contributed by atoms with Crippen LogP contribution in [0.5, 0.6) is 0 Å². The van der Waals surface area contributed by atoms with Crippen molar-refractivity contribution >= 4 is 18.2 Å². The number of carboxylic acid groups (broad SMARTS) is 1. The Morgan fingerprint density at radius 1 is 1.03 bits per heavy atom. The summed E-state index contributed by atoms with van der Waals surface area (Å²) in [6, 6.07) is 15.8. The second kappa shape index (κ2) is 11.7. The van der Waals surface area contributed by atoms with Crippen LogP contribution in [-0.2, 0) is 27.3 Å². The number of likely N-dealkylation sites (tertiary alicyclic amines) is 1. The second-order valence-electron chi connectivity index (χ2n) is 9.79. The van der Waals surface area contributed by atoms with E-state index < -0.39 is 23.7 Å². The van der Waals surface area contributed by atoms with Crippen LogP contribution in [0.15, 0.2) is 54.6 Å². The first-order valence-corrected chi connectivity index (χ1v) is 11.9. The highest BCUT2D eigenvalue weighted by atomic mass is 16.6. The van der Waals surface area contributed by atoms with E-state index in [1.54, 1.807) is 4.90 Å². The topological polar surface area (TPSA) is 105 Å². The molecular weight excluding hydrogens is 448 g/mol. The van der Waals surface area contributed by atoms with Crippen molar-refractivity contribution in [3.05, 3.63) is 71.3 Å². The number of aliphatic carboxylic acids is 1. The molecule has 0 aliphatic carbocycles. The fourth-order valence-electron chi connectivity index (χ4n) is 4.04. The molecular formula is C27H34N2O6. The molecule has 0 spiro atoms. The zero-order valence-electron chi connectivity index (χ0n) is 20.5. The molecule has 8 nitrogen and oxygen atoms in total.